The lowest BCUT2D eigenvalue weighted by molar-refractivity contribution is -0.119. The van der Waals surface area contributed by atoms with Crippen molar-refractivity contribution in [3.63, 3.8) is 0 Å². The minimum atomic E-state index is -0.0833. The molecule has 1 heterocycles. The van der Waals surface area contributed by atoms with E-state index in [-0.39, 0.29) is 17.7 Å². The monoisotopic (exact) mass is 429 g/mol. The van der Waals surface area contributed by atoms with E-state index in [1.54, 1.807) is 12.1 Å². The molecule has 152 valence electrons. The van der Waals surface area contributed by atoms with Gasteiger partial charge in [-0.3, -0.25) is 4.79 Å². The van der Waals surface area contributed by atoms with E-state index in [9.17, 15) is 4.79 Å². The Kier molecular flexibility index (Phi) is 7.34. The molecule has 0 bridgehead atoms. The fourth-order valence-corrected chi connectivity index (χ4v) is 3.59. The first-order valence-electron chi connectivity index (χ1n) is 9.51. The first-order valence-corrected chi connectivity index (χ1v) is 10.9. The third kappa shape index (κ3) is 6.34. The highest BCUT2D eigenvalue weighted by Crippen LogP contribution is 2.24. The fourth-order valence-electron chi connectivity index (χ4n) is 2.88. The molecule has 1 aromatic heterocycles. The van der Waals surface area contributed by atoms with Gasteiger partial charge < -0.3 is 9.73 Å². The van der Waals surface area contributed by atoms with Crippen LogP contribution in [-0.2, 0) is 11.2 Å². The molecule has 3 rings (SSSR count). The summed E-state index contributed by atoms with van der Waals surface area (Å²) in [4.78, 5) is 12.3. The predicted octanol–water partition coefficient (Wildman–Crippen LogP) is 5.56. The second-order valence-electron chi connectivity index (χ2n) is 7.30. The zero-order valence-electron chi connectivity index (χ0n) is 16.7. The molecule has 0 aliphatic heterocycles. The molecule has 1 atom stereocenters. The minimum absolute atomic E-state index is 0.0662. The van der Waals surface area contributed by atoms with Crippen molar-refractivity contribution in [2.75, 3.05) is 5.75 Å². The van der Waals surface area contributed by atoms with Crippen LogP contribution in [0, 0.1) is 5.92 Å². The Morgan fingerprint density at radius 3 is 2.41 bits per heavy atom. The summed E-state index contributed by atoms with van der Waals surface area (Å²) >= 11 is 7.10. The van der Waals surface area contributed by atoms with Gasteiger partial charge in [0.15, 0.2) is 0 Å². The number of aromatic nitrogens is 2. The standard InChI is InChI=1S/C22H24ClN3O2S/c1-14(2)12-16-4-6-17(7-5-16)15(3)24-20(27)13-29-22-26-25-21(28-22)18-8-10-19(23)11-9-18/h4-11,14-15H,12-13H2,1-3H3,(H,24,27). The Morgan fingerprint density at radius 2 is 1.76 bits per heavy atom. The molecule has 3 aromatic rings. The van der Waals surface area contributed by atoms with Crippen LogP contribution in [0.3, 0.4) is 0 Å². The number of benzene rings is 2. The van der Waals surface area contributed by atoms with Gasteiger partial charge >= 0.3 is 0 Å². The summed E-state index contributed by atoms with van der Waals surface area (Å²) in [5, 5.41) is 12.0. The molecule has 0 aliphatic rings. The first-order chi connectivity index (χ1) is 13.9. The highest BCUT2D eigenvalue weighted by molar-refractivity contribution is 7.99. The Bertz CT molecular complexity index is 939. The van der Waals surface area contributed by atoms with E-state index in [0.29, 0.717) is 22.1 Å². The molecule has 0 spiro atoms. The second-order valence-corrected chi connectivity index (χ2v) is 8.66. The Hall–Kier alpha value is -2.31. The van der Waals surface area contributed by atoms with E-state index in [2.05, 4.69) is 53.6 Å². The van der Waals surface area contributed by atoms with Crippen molar-refractivity contribution >= 4 is 29.3 Å². The zero-order chi connectivity index (χ0) is 20.8. The third-order valence-electron chi connectivity index (χ3n) is 4.33. The van der Waals surface area contributed by atoms with E-state index in [1.165, 1.54) is 17.3 Å². The smallest absolute Gasteiger partial charge is 0.277 e. The van der Waals surface area contributed by atoms with Gasteiger partial charge in [0, 0.05) is 10.6 Å². The van der Waals surface area contributed by atoms with E-state index in [4.69, 9.17) is 16.0 Å². The van der Waals surface area contributed by atoms with Crippen molar-refractivity contribution in [1.82, 2.24) is 15.5 Å². The van der Waals surface area contributed by atoms with Crippen molar-refractivity contribution in [3.8, 4) is 11.5 Å². The Morgan fingerprint density at radius 1 is 1.07 bits per heavy atom. The molecule has 29 heavy (non-hydrogen) atoms. The Balaban J connectivity index is 1.50. The van der Waals surface area contributed by atoms with Crippen molar-refractivity contribution in [1.29, 1.82) is 0 Å². The summed E-state index contributed by atoms with van der Waals surface area (Å²) in [6, 6.07) is 15.5. The molecule has 0 aliphatic carbocycles. The molecule has 1 unspecified atom stereocenters. The number of halogens is 1. The maximum Gasteiger partial charge on any atom is 0.277 e. The van der Waals surface area contributed by atoms with Gasteiger partial charge in [-0.2, -0.15) is 0 Å². The quantitative estimate of drug-likeness (QED) is 0.475. The number of hydrogen-bond donors (Lipinski definition) is 1. The van der Waals surface area contributed by atoms with Crippen LogP contribution in [0.5, 0.6) is 0 Å². The van der Waals surface area contributed by atoms with E-state index in [0.717, 1.165) is 17.5 Å². The van der Waals surface area contributed by atoms with Gasteiger partial charge in [-0.05, 0) is 54.7 Å². The number of carbonyl (C=O) groups is 1. The van der Waals surface area contributed by atoms with Crippen LogP contribution in [0.15, 0.2) is 58.2 Å². The van der Waals surface area contributed by atoms with Gasteiger partial charge in [-0.1, -0.05) is 61.5 Å². The topological polar surface area (TPSA) is 68.0 Å². The maximum atomic E-state index is 12.3. The van der Waals surface area contributed by atoms with Crippen LogP contribution in [-0.4, -0.2) is 21.9 Å². The normalized spacial score (nSPS) is 12.2. The summed E-state index contributed by atoms with van der Waals surface area (Å²) in [5.41, 5.74) is 3.18. The number of rotatable bonds is 8. The molecule has 7 heteroatoms. The SMILES string of the molecule is CC(C)Cc1ccc(C(C)NC(=O)CSc2nnc(-c3ccc(Cl)cc3)o2)cc1. The molecule has 1 amide bonds. The minimum Gasteiger partial charge on any atom is -0.411 e. The summed E-state index contributed by atoms with van der Waals surface area (Å²) in [6.45, 7) is 6.39. The summed E-state index contributed by atoms with van der Waals surface area (Å²) < 4.78 is 5.61. The average molecular weight is 430 g/mol. The molecule has 0 radical (unpaired) electrons. The zero-order valence-corrected chi connectivity index (χ0v) is 18.3. The third-order valence-corrected chi connectivity index (χ3v) is 5.40. The van der Waals surface area contributed by atoms with Gasteiger partial charge in [-0.25, -0.2) is 0 Å². The Labute approximate surface area is 180 Å². The van der Waals surface area contributed by atoms with E-state index < -0.39 is 0 Å². The fraction of sp³-hybridized carbons (Fsp3) is 0.318. The lowest BCUT2D eigenvalue weighted by atomic mass is 10.00. The maximum absolute atomic E-state index is 12.3. The lowest BCUT2D eigenvalue weighted by Crippen LogP contribution is -2.28. The largest absolute Gasteiger partial charge is 0.411 e. The number of thioether (sulfide) groups is 1. The van der Waals surface area contributed by atoms with Crippen LogP contribution < -0.4 is 5.32 Å². The van der Waals surface area contributed by atoms with Crippen LogP contribution in [0.2, 0.25) is 5.02 Å². The van der Waals surface area contributed by atoms with Gasteiger partial charge in [0.05, 0.1) is 11.8 Å². The van der Waals surface area contributed by atoms with Gasteiger partial charge in [0.2, 0.25) is 11.8 Å². The number of nitrogens with one attached hydrogen (secondary N) is 1. The first kappa shape index (κ1) is 21.4. The molecular formula is C22H24ClN3O2S. The molecule has 1 N–H and O–H groups in total. The van der Waals surface area contributed by atoms with Gasteiger partial charge in [-0.15, -0.1) is 10.2 Å². The average Bonchev–Trinajstić information content (AvgIpc) is 3.16. The van der Waals surface area contributed by atoms with E-state index in [1.807, 2.05) is 19.1 Å². The number of nitrogens with zero attached hydrogens (tertiary/aromatic N) is 2. The molecule has 0 fully saturated rings. The van der Waals surface area contributed by atoms with Crippen molar-refractivity contribution in [3.05, 3.63) is 64.7 Å². The molecular weight excluding hydrogens is 406 g/mol. The van der Waals surface area contributed by atoms with Crippen molar-refractivity contribution in [2.45, 2.75) is 38.5 Å². The predicted molar refractivity (Wildman–Crippen MR) is 117 cm³/mol. The lowest BCUT2D eigenvalue weighted by Gasteiger charge is -2.15. The van der Waals surface area contributed by atoms with Gasteiger partial charge in [0.25, 0.3) is 5.22 Å². The van der Waals surface area contributed by atoms with Crippen LogP contribution in [0.1, 0.15) is 37.9 Å². The second kappa shape index (κ2) is 9.94. The van der Waals surface area contributed by atoms with Crippen LogP contribution >= 0.6 is 23.4 Å². The van der Waals surface area contributed by atoms with Crippen LogP contribution in [0.25, 0.3) is 11.5 Å². The summed E-state index contributed by atoms with van der Waals surface area (Å²) in [7, 11) is 0. The summed E-state index contributed by atoms with van der Waals surface area (Å²) in [5.74, 6) is 1.15. The van der Waals surface area contributed by atoms with E-state index >= 15 is 0 Å². The number of hydrogen-bond acceptors (Lipinski definition) is 5. The summed E-state index contributed by atoms with van der Waals surface area (Å²) in [6.07, 6.45) is 1.06. The van der Waals surface area contributed by atoms with Crippen molar-refractivity contribution in [2.24, 2.45) is 5.92 Å². The highest BCUT2D eigenvalue weighted by atomic mass is 35.5. The van der Waals surface area contributed by atoms with Gasteiger partial charge in [0.1, 0.15) is 0 Å². The molecule has 2 aromatic carbocycles. The number of amides is 1. The molecule has 0 saturated carbocycles. The molecule has 0 saturated heterocycles. The molecule has 5 nitrogen and oxygen atoms in total. The van der Waals surface area contributed by atoms with Crippen LogP contribution in [0.4, 0.5) is 0 Å². The number of carbonyl (C=O) groups excluding carboxylic acids is 1. The van der Waals surface area contributed by atoms with Crippen molar-refractivity contribution < 1.29 is 9.21 Å². The highest BCUT2D eigenvalue weighted by Gasteiger charge is 2.14.